The van der Waals surface area contributed by atoms with Crippen molar-refractivity contribution in [3.63, 3.8) is 0 Å². The number of hydrogen-bond donors (Lipinski definition) is 2. The fraction of sp³-hybridized carbons (Fsp3) is 0.0909. The van der Waals surface area contributed by atoms with E-state index in [1.54, 1.807) is 0 Å². The number of carboxylic acid groups (broad SMARTS) is 1. The molecule has 0 saturated heterocycles. The predicted octanol–water partition coefficient (Wildman–Crippen LogP) is 2.58. The van der Waals surface area contributed by atoms with Gasteiger partial charge in [0.25, 0.3) is 5.76 Å². The molecule has 0 spiro atoms. The van der Waals surface area contributed by atoms with Crippen LogP contribution in [0.3, 0.4) is 0 Å². The van der Waals surface area contributed by atoms with E-state index >= 15 is 0 Å². The van der Waals surface area contributed by atoms with E-state index in [2.05, 4.69) is 5.32 Å². The Morgan fingerprint density at radius 3 is 2.33 bits per heavy atom. The summed E-state index contributed by atoms with van der Waals surface area (Å²) in [5, 5.41) is 10.7. The minimum absolute atomic E-state index is 0.379. The number of aliphatic carboxylic acids is 1. The second-order valence-corrected chi connectivity index (χ2v) is 4.13. The number of nitrogens with one attached hydrogen (secondary N) is 1. The van der Waals surface area contributed by atoms with Crippen molar-refractivity contribution in [1.82, 2.24) is 0 Å². The van der Waals surface area contributed by atoms with Gasteiger partial charge in [0.2, 0.25) is 5.91 Å². The molecule has 0 heterocycles. The van der Waals surface area contributed by atoms with Gasteiger partial charge in [0.1, 0.15) is 0 Å². The van der Waals surface area contributed by atoms with Crippen molar-refractivity contribution >= 4 is 29.3 Å². The van der Waals surface area contributed by atoms with Crippen molar-refractivity contribution < 1.29 is 23.5 Å². The van der Waals surface area contributed by atoms with E-state index in [0.717, 1.165) is 6.08 Å². The summed E-state index contributed by atoms with van der Waals surface area (Å²) in [7, 11) is 0. The Balaban J connectivity index is 2.58. The first-order valence-electron chi connectivity index (χ1n) is 4.74. The highest BCUT2D eigenvalue weighted by Crippen LogP contribution is 2.26. The molecule has 2 N–H and O–H groups in total. The van der Waals surface area contributed by atoms with Crippen molar-refractivity contribution in [2.45, 2.75) is 10.7 Å². The lowest BCUT2D eigenvalue weighted by atomic mass is 10.3. The molecule has 0 bridgehead atoms. The normalized spacial score (nSPS) is 10.8. The highest BCUT2D eigenvalue weighted by atomic mass is 32.2. The maximum atomic E-state index is 12.0. The molecule has 0 atom stereocenters. The van der Waals surface area contributed by atoms with Gasteiger partial charge in [-0.25, -0.2) is 4.79 Å². The van der Waals surface area contributed by atoms with E-state index in [9.17, 15) is 18.4 Å². The standard InChI is InChI=1S/C11H9F2NO3S/c12-11(13)18-8-3-1-7(2-4-8)14-9(15)5-6-10(16)17/h1-6,11H,(H,14,15)(H,16,17)/b6-5+. The molecule has 1 amide bonds. The maximum absolute atomic E-state index is 12.0. The van der Waals surface area contributed by atoms with Gasteiger partial charge < -0.3 is 10.4 Å². The first-order chi connectivity index (χ1) is 8.47. The molecule has 0 saturated carbocycles. The predicted molar refractivity (Wildman–Crippen MR) is 63.7 cm³/mol. The van der Waals surface area contributed by atoms with Crippen molar-refractivity contribution in [3.8, 4) is 0 Å². The van der Waals surface area contributed by atoms with Crippen LogP contribution in [0.2, 0.25) is 0 Å². The zero-order chi connectivity index (χ0) is 13.5. The van der Waals surface area contributed by atoms with Gasteiger partial charge in [-0.15, -0.1) is 0 Å². The van der Waals surface area contributed by atoms with E-state index in [1.807, 2.05) is 0 Å². The lowest BCUT2D eigenvalue weighted by molar-refractivity contribution is -0.131. The number of rotatable bonds is 5. The van der Waals surface area contributed by atoms with Crippen LogP contribution in [0.4, 0.5) is 14.5 Å². The highest BCUT2D eigenvalue weighted by Gasteiger charge is 2.05. The number of carbonyl (C=O) groups excluding carboxylic acids is 1. The van der Waals surface area contributed by atoms with Crippen molar-refractivity contribution in [3.05, 3.63) is 36.4 Å². The molecule has 96 valence electrons. The van der Waals surface area contributed by atoms with Crippen molar-refractivity contribution in [2.24, 2.45) is 0 Å². The number of alkyl halides is 2. The molecule has 0 aliphatic rings. The van der Waals surface area contributed by atoms with Crippen molar-refractivity contribution in [2.75, 3.05) is 5.32 Å². The molecule has 0 radical (unpaired) electrons. The van der Waals surface area contributed by atoms with Gasteiger partial charge in [-0.3, -0.25) is 4.79 Å². The third kappa shape index (κ3) is 5.44. The number of benzene rings is 1. The third-order valence-electron chi connectivity index (χ3n) is 1.72. The average Bonchev–Trinajstić information content (AvgIpc) is 2.28. The molecule has 7 heteroatoms. The Morgan fingerprint density at radius 2 is 1.83 bits per heavy atom. The third-order valence-corrected chi connectivity index (χ3v) is 2.45. The highest BCUT2D eigenvalue weighted by molar-refractivity contribution is 7.99. The summed E-state index contributed by atoms with van der Waals surface area (Å²) in [5.74, 6) is -4.33. The van der Waals surface area contributed by atoms with Crippen LogP contribution in [0.1, 0.15) is 0 Å². The zero-order valence-electron chi connectivity index (χ0n) is 8.97. The van der Waals surface area contributed by atoms with Gasteiger partial charge in [0.15, 0.2) is 0 Å². The van der Waals surface area contributed by atoms with E-state index in [1.165, 1.54) is 24.3 Å². The Bertz CT molecular complexity index is 460. The van der Waals surface area contributed by atoms with E-state index in [4.69, 9.17) is 5.11 Å². The Labute approximate surface area is 106 Å². The monoisotopic (exact) mass is 273 g/mol. The molecule has 0 aliphatic carbocycles. The molecule has 1 aromatic rings. The molecule has 0 aromatic heterocycles. The van der Waals surface area contributed by atoms with Crippen LogP contribution >= 0.6 is 11.8 Å². The van der Waals surface area contributed by atoms with Gasteiger partial charge in [-0.05, 0) is 24.3 Å². The van der Waals surface area contributed by atoms with Crippen molar-refractivity contribution in [1.29, 1.82) is 0 Å². The number of hydrogen-bond acceptors (Lipinski definition) is 3. The number of anilines is 1. The fourth-order valence-electron chi connectivity index (χ4n) is 1.05. The quantitative estimate of drug-likeness (QED) is 0.639. The molecule has 1 rings (SSSR count). The number of halogens is 2. The first-order valence-corrected chi connectivity index (χ1v) is 5.62. The molecule has 4 nitrogen and oxygen atoms in total. The van der Waals surface area contributed by atoms with Gasteiger partial charge in [0.05, 0.1) is 0 Å². The lowest BCUT2D eigenvalue weighted by Crippen LogP contribution is -2.08. The summed E-state index contributed by atoms with van der Waals surface area (Å²) >= 11 is 0.402. The van der Waals surface area contributed by atoms with Crippen LogP contribution in [0, 0.1) is 0 Å². The number of carboxylic acids is 1. The van der Waals surface area contributed by atoms with Crippen LogP contribution < -0.4 is 5.32 Å². The number of amides is 1. The van der Waals surface area contributed by atoms with Crippen LogP contribution in [-0.4, -0.2) is 22.7 Å². The van der Waals surface area contributed by atoms with Crippen LogP contribution in [0.5, 0.6) is 0 Å². The summed E-state index contributed by atoms with van der Waals surface area (Å²) in [6, 6.07) is 5.79. The largest absolute Gasteiger partial charge is 0.478 e. The topological polar surface area (TPSA) is 66.4 Å². The van der Waals surface area contributed by atoms with E-state index in [-0.39, 0.29) is 0 Å². The van der Waals surface area contributed by atoms with E-state index < -0.39 is 17.6 Å². The minimum atomic E-state index is -2.50. The summed E-state index contributed by atoms with van der Waals surface area (Å²) < 4.78 is 24.1. The van der Waals surface area contributed by atoms with Crippen LogP contribution in [0.15, 0.2) is 41.3 Å². The second kappa shape index (κ2) is 6.75. The molecule has 1 aromatic carbocycles. The first kappa shape index (κ1) is 14.2. The molecule has 0 fully saturated rings. The maximum Gasteiger partial charge on any atom is 0.328 e. The van der Waals surface area contributed by atoms with Gasteiger partial charge >= 0.3 is 5.97 Å². The summed E-state index contributed by atoms with van der Waals surface area (Å²) in [6.07, 6.45) is 1.57. The molecule has 0 unspecified atom stereocenters. The Hall–Kier alpha value is -1.89. The molecule has 0 aliphatic heterocycles. The fourth-order valence-corrected chi connectivity index (χ4v) is 1.55. The minimum Gasteiger partial charge on any atom is -0.478 e. The molecular formula is C11H9F2NO3S. The average molecular weight is 273 g/mol. The number of carbonyl (C=O) groups is 2. The van der Waals surface area contributed by atoms with E-state index in [0.29, 0.717) is 28.4 Å². The SMILES string of the molecule is O=C(O)/C=C/C(=O)Nc1ccc(SC(F)F)cc1. The smallest absolute Gasteiger partial charge is 0.328 e. The summed E-state index contributed by atoms with van der Waals surface area (Å²) in [6.45, 7) is 0. The zero-order valence-corrected chi connectivity index (χ0v) is 9.79. The van der Waals surface area contributed by atoms with Gasteiger partial charge in [-0.1, -0.05) is 11.8 Å². The second-order valence-electron chi connectivity index (χ2n) is 3.06. The summed E-state index contributed by atoms with van der Waals surface area (Å²) in [4.78, 5) is 21.7. The summed E-state index contributed by atoms with van der Waals surface area (Å²) in [5.41, 5.74) is 0.397. The Morgan fingerprint density at radius 1 is 1.22 bits per heavy atom. The van der Waals surface area contributed by atoms with Crippen LogP contribution in [-0.2, 0) is 9.59 Å². The lowest BCUT2D eigenvalue weighted by Gasteiger charge is -2.03. The molecule has 18 heavy (non-hydrogen) atoms. The van der Waals surface area contributed by atoms with Gasteiger partial charge in [0, 0.05) is 22.7 Å². The Kier molecular flexibility index (Phi) is 5.31. The van der Waals surface area contributed by atoms with Gasteiger partial charge in [-0.2, -0.15) is 8.78 Å². The van der Waals surface area contributed by atoms with Crippen LogP contribution in [0.25, 0.3) is 0 Å². The number of thioether (sulfide) groups is 1. The molecular weight excluding hydrogens is 264 g/mol.